The lowest BCUT2D eigenvalue weighted by atomic mass is 9.28. The molecule has 3 nitrogen and oxygen atoms in total. The quantitative estimate of drug-likeness (QED) is 0.153. The van der Waals surface area contributed by atoms with Crippen LogP contribution in [0.25, 0.3) is 60.3 Å². The van der Waals surface area contributed by atoms with Gasteiger partial charge in [0.25, 0.3) is 0 Å². The van der Waals surface area contributed by atoms with Crippen LogP contribution in [0.2, 0.25) is 0 Å². The van der Waals surface area contributed by atoms with Gasteiger partial charge < -0.3 is 4.40 Å². The van der Waals surface area contributed by atoms with E-state index in [1.165, 1.54) is 139 Å². The van der Waals surface area contributed by atoms with Crippen molar-refractivity contribution in [1.82, 2.24) is 14.4 Å². The second-order valence-electron chi connectivity index (χ2n) is 26.6. The molecule has 6 saturated carbocycles. The van der Waals surface area contributed by atoms with Gasteiger partial charge in [-0.15, -0.1) is 0 Å². The topological polar surface area (TPSA) is 30.2 Å². The van der Waals surface area contributed by atoms with Gasteiger partial charge in [0.2, 0.25) is 0 Å². The highest BCUT2D eigenvalue weighted by atomic mass is 15.0. The van der Waals surface area contributed by atoms with E-state index in [1.54, 1.807) is 22.3 Å². The van der Waals surface area contributed by atoms with Crippen molar-refractivity contribution in [1.29, 1.82) is 0 Å². The summed E-state index contributed by atoms with van der Waals surface area (Å²) in [6.07, 6.45) is 14.7. The highest BCUT2D eigenvalue weighted by Crippen LogP contribution is 2.88. The van der Waals surface area contributed by atoms with Crippen LogP contribution >= 0.6 is 0 Å². The average Bonchev–Trinajstić information content (AvgIpc) is 3.99. The maximum atomic E-state index is 5.64. The molecule has 4 heterocycles. The molecule has 310 valence electrons. The maximum absolute atomic E-state index is 5.64. The highest BCUT2D eigenvalue weighted by molar-refractivity contribution is 6.30. The maximum Gasteiger partial charge on any atom is 0.0732 e. The number of fused-ring (bicyclic) bond motifs is 21. The Kier molecular flexibility index (Phi) is 5.13. The van der Waals surface area contributed by atoms with Gasteiger partial charge in [-0.25, -0.2) is 0 Å². The van der Waals surface area contributed by atoms with Crippen molar-refractivity contribution in [3.05, 3.63) is 98.6 Å². The lowest BCUT2D eigenvalue weighted by Crippen LogP contribution is -2.68. The van der Waals surface area contributed by atoms with Crippen LogP contribution in [0, 0.1) is 34.5 Å². The largest absolute Gasteiger partial charge is 0.305 e. The zero-order valence-corrected chi connectivity index (χ0v) is 38.5. The van der Waals surface area contributed by atoms with E-state index < -0.39 is 0 Å². The third-order valence-corrected chi connectivity index (χ3v) is 22.0. The van der Waals surface area contributed by atoms with Crippen molar-refractivity contribution in [3.63, 3.8) is 0 Å². The second-order valence-corrected chi connectivity index (χ2v) is 26.6. The Balaban J connectivity index is 1.00. The minimum atomic E-state index is -0.161. The molecule has 3 aromatic carbocycles. The number of pyridine rings is 2. The molecule has 7 aromatic rings. The van der Waals surface area contributed by atoms with Gasteiger partial charge in [-0.1, -0.05) is 99.6 Å². The number of aromatic nitrogens is 3. The van der Waals surface area contributed by atoms with E-state index in [4.69, 9.17) is 9.97 Å². The predicted octanol–water partition coefficient (Wildman–Crippen LogP) is 14.4. The number of benzene rings is 3. The van der Waals surface area contributed by atoms with Crippen LogP contribution in [0.5, 0.6) is 0 Å². The number of rotatable bonds is 0. The zero-order chi connectivity index (χ0) is 41.6. The summed E-state index contributed by atoms with van der Waals surface area (Å²) in [5, 5.41) is 5.78. The summed E-state index contributed by atoms with van der Waals surface area (Å²) in [5.74, 6) is 7.04. The molecule has 62 heavy (non-hydrogen) atoms. The molecule has 3 heteroatoms. The second kappa shape index (κ2) is 9.30. The van der Waals surface area contributed by atoms with Gasteiger partial charge in [0, 0.05) is 43.5 Å². The fraction of sp³-hybridized carbons (Fsp3) is 0.525. The SMILES string of the molecule is CC(C)(C)c1cc(C(C)(C)C)c2c3c4c(ncc3n3c5cnc6c(c5c1c23)-c1cc2c(cc1C6(C)C)C1CC3CC5CC2C35C1)C(C)(C)c1cc2c(cc1-4)C1CC3CC4CC2C341. The first-order valence-corrected chi connectivity index (χ1v) is 24.9. The van der Waals surface area contributed by atoms with Crippen molar-refractivity contribution in [2.24, 2.45) is 34.5 Å². The van der Waals surface area contributed by atoms with Crippen LogP contribution in [-0.4, -0.2) is 14.4 Å². The molecule has 0 amide bonds. The normalized spacial score (nSPS) is 35.5. The van der Waals surface area contributed by atoms with Crippen molar-refractivity contribution < 1.29 is 0 Å². The summed E-state index contributed by atoms with van der Waals surface area (Å²) in [6.45, 7) is 24.6. The fourth-order valence-electron chi connectivity index (χ4n) is 19.3. The summed E-state index contributed by atoms with van der Waals surface area (Å²) in [7, 11) is 0. The van der Waals surface area contributed by atoms with Gasteiger partial charge in [0.1, 0.15) is 0 Å². The van der Waals surface area contributed by atoms with Gasteiger partial charge >= 0.3 is 0 Å². The van der Waals surface area contributed by atoms with Crippen molar-refractivity contribution in [2.75, 3.05) is 0 Å². The molecule has 0 saturated heterocycles. The molecule has 2 bridgehead atoms. The third kappa shape index (κ3) is 3.09. The van der Waals surface area contributed by atoms with Crippen LogP contribution < -0.4 is 0 Å². The minimum absolute atomic E-state index is 0.0668. The summed E-state index contributed by atoms with van der Waals surface area (Å²) >= 11 is 0. The first-order valence-electron chi connectivity index (χ1n) is 24.9. The Morgan fingerprint density at radius 3 is 1.55 bits per heavy atom. The first-order chi connectivity index (χ1) is 29.5. The summed E-state index contributed by atoms with van der Waals surface area (Å²) in [5.41, 5.74) is 25.9. The van der Waals surface area contributed by atoms with Crippen molar-refractivity contribution in [3.8, 4) is 22.3 Å². The standard InChI is InChI=1S/C59H59N3/c1-54(2,3)41-21-42(55(4,5)6)48-50-44(24-61-53-46(50)35-18-32-33(20-37(35)57(53,9)10)40-16-29-13-28-15-39(32)59(28,29)40)62-43-23-60-52-45(49(43)47(41)51(48)62)34-17-31-30(19-36(34)56(52,7)8)25-11-26-12-27-14-38(31)58(26,27)22-25/h17-21,23-29,38-40H,11-16,22H2,1-10H3. The van der Waals surface area contributed by atoms with Crippen LogP contribution in [0.3, 0.4) is 0 Å². The van der Waals surface area contributed by atoms with Crippen LogP contribution in [0.1, 0.15) is 194 Å². The molecule has 10 atom stereocenters. The third-order valence-electron chi connectivity index (χ3n) is 22.0. The van der Waals surface area contributed by atoms with Gasteiger partial charge in [0.05, 0.1) is 40.3 Å². The predicted molar refractivity (Wildman–Crippen MR) is 251 cm³/mol. The van der Waals surface area contributed by atoms with E-state index >= 15 is 0 Å². The van der Waals surface area contributed by atoms with Gasteiger partial charge in [0.15, 0.2) is 0 Å². The molecular weight excluding hydrogens is 751 g/mol. The molecular formula is C59H59N3. The smallest absolute Gasteiger partial charge is 0.0732 e. The Morgan fingerprint density at radius 2 is 1.02 bits per heavy atom. The van der Waals surface area contributed by atoms with Gasteiger partial charge in [-0.2, -0.15) is 0 Å². The van der Waals surface area contributed by atoms with E-state index in [9.17, 15) is 0 Å². The Labute approximate surface area is 365 Å². The van der Waals surface area contributed by atoms with E-state index in [2.05, 4.69) is 116 Å². The summed E-state index contributed by atoms with van der Waals surface area (Å²) in [6, 6.07) is 13.6. The van der Waals surface area contributed by atoms with E-state index in [-0.39, 0.29) is 21.7 Å². The lowest BCUT2D eigenvalue weighted by Gasteiger charge is -2.76. The summed E-state index contributed by atoms with van der Waals surface area (Å²) < 4.78 is 2.67. The molecule has 17 rings (SSSR count). The monoisotopic (exact) mass is 809 g/mol. The molecule has 0 N–H and O–H groups in total. The summed E-state index contributed by atoms with van der Waals surface area (Å²) in [4.78, 5) is 11.3. The first kappa shape index (κ1) is 34.2. The van der Waals surface area contributed by atoms with E-state index in [0.29, 0.717) is 10.8 Å². The van der Waals surface area contributed by atoms with Gasteiger partial charge in [-0.3, -0.25) is 9.97 Å². The zero-order valence-electron chi connectivity index (χ0n) is 38.5. The molecule has 2 spiro atoms. The van der Waals surface area contributed by atoms with Crippen molar-refractivity contribution in [2.45, 2.75) is 160 Å². The lowest BCUT2D eigenvalue weighted by molar-refractivity contribution is -0.240. The minimum Gasteiger partial charge on any atom is -0.305 e. The Hall–Kier alpha value is -4.24. The average molecular weight is 810 g/mol. The molecule has 10 aliphatic rings. The van der Waals surface area contributed by atoms with Crippen LogP contribution in [-0.2, 0) is 21.7 Å². The highest BCUT2D eigenvalue weighted by Gasteiger charge is 2.78. The molecule has 0 aliphatic heterocycles. The van der Waals surface area contributed by atoms with Gasteiger partial charge in [-0.05, 0) is 170 Å². The number of nitrogens with zero attached hydrogens (tertiary/aromatic N) is 3. The molecule has 10 aliphatic carbocycles. The number of hydrogen-bond acceptors (Lipinski definition) is 2. The Bertz CT molecular complexity index is 3420. The van der Waals surface area contributed by atoms with Crippen molar-refractivity contribution >= 4 is 38.1 Å². The van der Waals surface area contributed by atoms with Crippen LogP contribution in [0.4, 0.5) is 0 Å². The fourth-order valence-corrected chi connectivity index (χ4v) is 19.3. The Morgan fingerprint density at radius 1 is 0.532 bits per heavy atom. The number of hydrogen-bond donors (Lipinski definition) is 0. The molecule has 10 unspecified atom stereocenters. The molecule has 4 aromatic heterocycles. The van der Waals surface area contributed by atoms with E-state index in [0.717, 1.165) is 47.3 Å². The van der Waals surface area contributed by atoms with E-state index in [1.807, 2.05) is 0 Å². The molecule has 0 radical (unpaired) electrons. The molecule has 6 fully saturated rings. The van der Waals surface area contributed by atoms with Crippen LogP contribution in [0.15, 0.2) is 42.7 Å².